The molecular formula is C35H42N6O3. The largest absolute Gasteiger partial charge is 0.493 e. The standard InChI is InChI=1S/C35H42N6O3/c1-4-10-34(42)41-16-9-12-30(25-41)39(2)17-18-40(3)31-22-27-21-29(24-31)37-35-36-15-14-33(38-35)28-11-8-13-32(23-28)44-20-7-5-6-19-43-26-27/h5-6,8,11,13-15,21-24,30H,7,9,12,16-20,25-26H2,1-3H3,(H,36,37,38)/b6-5+. The van der Waals surface area contributed by atoms with Crippen molar-refractivity contribution in [3.63, 3.8) is 0 Å². The molecule has 1 aromatic heterocycles. The van der Waals surface area contributed by atoms with Gasteiger partial charge in [-0.2, -0.15) is 0 Å². The van der Waals surface area contributed by atoms with Gasteiger partial charge in [-0.05, 0) is 81.1 Å². The van der Waals surface area contributed by atoms with Gasteiger partial charge < -0.3 is 24.6 Å². The lowest BCUT2D eigenvalue weighted by Gasteiger charge is -2.37. The monoisotopic (exact) mass is 594 g/mol. The molecular weight excluding hydrogens is 552 g/mol. The summed E-state index contributed by atoms with van der Waals surface area (Å²) in [4.78, 5) is 28.1. The molecule has 1 atom stereocenters. The molecule has 9 heteroatoms. The van der Waals surface area contributed by atoms with Crippen molar-refractivity contribution in [3.05, 3.63) is 72.4 Å². The first-order chi connectivity index (χ1) is 21.5. The second-order valence-corrected chi connectivity index (χ2v) is 11.3. The van der Waals surface area contributed by atoms with E-state index in [0.29, 0.717) is 31.8 Å². The van der Waals surface area contributed by atoms with Crippen LogP contribution in [0, 0.1) is 11.8 Å². The molecule has 2 aromatic carbocycles. The predicted molar refractivity (Wildman–Crippen MR) is 175 cm³/mol. The number of hydrogen-bond donors (Lipinski definition) is 1. The maximum absolute atomic E-state index is 12.3. The first-order valence-electron chi connectivity index (χ1n) is 15.3. The summed E-state index contributed by atoms with van der Waals surface area (Å²) in [5.41, 5.74) is 4.82. The molecule has 0 saturated carbocycles. The summed E-state index contributed by atoms with van der Waals surface area (Å²) in [5, 5.41) is 3.42. The van der Waals surface area contributed by atoms with Crippen LogP contribution >= 0.6 is 0 Å². The van der Waals surface area contributed by atoms with Crippen molar-refractivity contribution in [2.45, 2.75) is 38.8 Å². The molecule has 2 aliphatic heterocycles. The van der Waals surface area contributed by atoms with Crippen LogP contribution in [-0.4, -0.2) is 85.2 Å². The number of carbonyl (C=O) groups excluding carboxylic acids is 1. The van der Waals surface area contributed by atoms with Crippen molar-refractivity contribution in [1.29, 1.82) is 0 Å². The van der Waals surface area contributed by atoms with Crippen LogP contribution in [0.1, 0.15) is 31.7 Å². The molecule has 1 amide bonds. The predicted octanol–water partition coefficient (Wildman–Crippen LogP) is 5.12. The fraction of sp³-hybridized carbons (Fsp3) is 0.400. The molecule has 5 rings (SSSR count). The minimum atomic E-state index is -0.0717. The van der Waals surface area contributed by atoms with E-state index in [9.17, 15) is 4.79 Å². The van der Waals surface area contributed by atoms with Crippen molar-refractivity contribution in [1.82, 2.24) is 19.8 Å². The number of likely N-dealkylation sites (N-methyl/N-ethyl adjacent to an activating group) is 2. The third-order valence-corrected chi connectivity index (χ3v) is 7.99. The van der Waals surface area contributed by atoms with E-state index in [-0.39, 0.29) is 5.91 Å². The Balaban J connectivity index is 1.32. The van der Waals surface area contributed by atoms with Gasteiger partial charge in [0.15, 0.2) is 0 Å². The number of amides is 1. The summed E-state index contributed by atoms with van der Waals surface area (Å²) in [6.45, 7) is 6.51. The lowest BCUT2D eigenvalue weighted by Crippen LogP contribution is -2.49. The maximum Gasteiger partial charge on any atom is 0.298 e. The quantitative estimate of drug-likeness (QED) is 0.322. The van der Waals surface area contributed by atoms with Gasteiger partial charge in [0.2, 0.25) is 5.95 Å². The minimum absolute atomic E-state index is 0.0717. The highest BCUT2D eigenvalue weighted by atomic mass is 16.5. The van der Waals surface area contributed by atoms with Crippen molar-refractivity contribution < 1.29 is 14.3 Å². The molecule has 1 saturated heterocycles. The van der Waals surface area contributed by atoms with E-state index in [1.807, 2.05) is 41.3 Å². The second-order valence-electron chi connectivity index (χ2n) is 11.3. The molecule has 0 radical (unpaired) electrons. The normalized spacial score (nSPS) is 17.6. The number of nitrogens with one attached hydrogen (secondary N) is 1. The number of likely N-dealkylation sites (tertiary alicyclic amines) is 1. The maximum atomic E-state index is 12.3. The summed E-state index contributed by atoms with van der Waals surface area (Å²) in [6, 6.07) is 16.6. The first-order valence-corrected chi connectivity index (χ1v) is 15.3. The molecule has 3 heterocycles. The lowest BCUT2D eigenvalue weighted by atomic mass is 10.0. The topological polar surface area (TPSA) is 83.1 Å². The average Bonchev–Trinajstić information content (AvgIpc) is 3.04. The van der Waals surface area contributed by atoms with Crippen LogP contribution in [0.25, 0.3) is 11.3 Å². The highest BCUT2D eigenvalue weighted by Gasteiger charge is 2.25. The number of aromatic nitrogens is 2. The smallest absolute Gasteiger partial charge is 0.298 e. The minimum Gasteiger partial charge on any atom is -0.493 e. The average molecular weight is 595 g/mol. The van der Waals surface area contributed by atoms with Gasteiger partial charge in [-0.3, -0.25) is 9.69 Å². The molecule has 0 spiro atoms. The number of carbonyl (C=O) groups is 1. The molecule has 6 bridgehead atoms. The van der Waals surface area contributed by atoms with Crippen LogP contribution < -0.4 is 15.0 Å². The van der Waals surface area contributed by atoms with Crippen molar-refractivity contribution >= 4 is 23.2 Å². The third kappa shape index (κ3) is 8.59. The summed E-state index contributed by atoms with van der Waals surface area (Å²) in [7, 11) is 4.26. The molecule has 1 N–H and O–H groups in total. The van der Waals surface area contributed by atoms with Gasteiger partial charge >= 0.3 is 0 Å². The molecule has 3 aromatic rings. The Morgan fingerprint density at radius 2 is 2.05 bits per heavy atom. The Bertz CT molecular complexity index is 1510. The Kier molecular flexibility index (Phi) is 10.8. The van der Waals surface area contributed by atoms with E-state index in [4.69, 9.17) is 14.5 Å². The molecule has 1 fully saturated rings. The fourth-order valence-corrected chi connectivity index (χ4v) is 5.48. The third-order valence-electron chi connectivity index (χ3n) is 7.99. The molecule has 0 aliphatic carbocycles. The highest BCUT2D eigenvalue weighted by Crippen LogP contribution is 2.27. The van der Waals surface area contributed by atoms with Gasteiger partial charge in [0, 0.05) is 62.4 Å². The van der Waals surface area contributed by atoms with Crippen LogP contribution in [0.2, 0.25) is 0 Å². The molecule has 230 valence electrons. The van der Waals surface area contributed by atoms with Gasteiger partial charge in [0.25, 0.3) is 5.91 Å². The van der Waals surface area contributed by atoms with Crippen LogP contribution in [0.5, 0.6) is 5.75 Å². The second kappa shape index (κ2) is 15.4. The van der Waals surface area contributed by atoms with Crippen LogP contribution in [0.3, 0.4) is 0 Å². The number of anilines is 3. The van der Waals surface area contributed by atoms with Gasteiger partial charge in [-0.1, -0.05) is 30.2 Å². The molecule has 44 heavy (non-hydrogen) atoms. The van der Waals surface area contributed by atoms with Gasteiger partial charge in [0.1, 0.15) is 5.75 Å². The van der Waals surface area contributed by atoms with Crippen LogP contribution in [-0.2, 0) is 16.1 Å². The zero-order valence-electron chi connectivity index (χ0n) is 26.0. The Morgan fingerprint density at radius 3 is 2.93 bits per heavy atom. The zero-order valence-corrected chi connectivity index (χ0v) is 26.0. The fourth-order valence-electron chi connectivity index (χ4n) is 5.48. The van der Waals surface area contributed by atoms with Crippen molar-refractivity contribution in [2.75, 3.05) is 63.7 Å². The van der Waals surface area contributed by atoms with E-state index < -0.39 is 0 Å². The number of nitrogens with zero attached hydrogens (tertiary/aromatic N) is 5. The lowest BCUT2D eigenvalue weighted by molar-refractivity contribution is -0.127. The van der Waals surface area contributed by atoms with E-state index in [1.165, 1.54) is 0 Å². The molecule has 9 nitrogen and oxygen atoms in total. The number of piperidine rings is 1. The number of fused-ring (bicyclic) bond motifs is 7. The van der Waals surface area contributed by atoms with Crippen molar-refractivity contribution in [3.8, 4) is 28.8 Å². The molecule has 1 unspecified atom stereocenters. The Morgan fingerprint density at radius 1 is 1.14 bits per heavy atom. The molecule has 2 aliphatic rings. The Labute approximate surface area is 260 Å². The SMILES string of the molecule is CC#CC(=O)N1CCCC(N(C)CCN(C)c2cc3cc(c2)Nc2nccc(n2)-c2cccc(c2)OCC/C=C/COC3)C1. The summed E-state index contributed by atoms with van der Waals surface area (Å²) in [5.74, 6) is 6.69. The van der Waals surface area contributed by atoms with E-state index in [1.54, 1.807) is 13.1 Å². The van der Waals surface area contributed by atoms with Crippen LogP contribution in [0.4, 0.5) is 17.3 Å². The Hall–Kier alpha value is -4.39. The van der Waals surface area contributed by atoms with E-state index in [2.05, 4.69) is 70.3 Å². The van der Waals surface area contributed by atoms with E-state index >= 15 is 0 Å². The van der Waals surface area contributed by atoms with Crippen LogP contribution in [0.15, 0.2) is 66.9 Å². The highest BCUT2D eigenvalue weighted by molar-refractivity contribution is 5.93. The van der Waals surface area contributed by atoms with Gasteiger partial charge in [-0.25, -0.2) is 9.97 Å². The summed E-state index contributed by atoms with van der Waals surface area (Å²) >= 11 is 0. The number of hydrogen-bond acceptors (Lipinski definition) is 8. The number of benzene rings is 2. The summed E-state index contributed by atoms with van der Waals surface area (Å²) in [6.07, 6.45) is 8.78. The van der Waals surface area contributed by atoms with Gasteiger partial charge in [0.05, 0.1) is 25.5 Å². The zero-order chi connectivity index (χ0) is 30.7. The van der Waals surface area contributed by atoms with Gasteiger partial charge in [-0.15, -0.1) is 0 Å². The summed E-state index contributed by atoms with van der Waals surface area (Å²) < 4.78 is 11.9. The van der Waals surface area contributed by atoms with Crippen molar-refractivity contribution in [2.24, 2.45) is 0 Å². The van der Waals surface area contributed by atoms with E-state index in [0.717, 1.165) is 79.4 Å². The number of ether oxygens (including phenoxy) is 2. The first kappa shape index (κ1) is 31.0. The number of rotatable bonds is 5.